The van der Waals surface area contributed by atoms with Crippen molar-refractivity contribution in [2.45, 2.75) is 6.04 Å². The molecule has 0 aliphatic heterocycles. The Labute approximate surface area is 80.6 Å². The van der Waals surface area contributed by atoms with Gasteiger partial charge in [0.05, 0.1) is 5.69 Å². The second kappa shape index (κ2) is 3.91. The van der Waals surface area contributed by atoms with E-state index < -0.39 is 11.9 Å². The van der Waals surface area contributed by atoms with E-state index in [-0.39, 0.29) is 12.2 Å². The zero-order chi connectivity index (χ0) is 10.0. The molecule has 1 atom stereocenters. The standard InChI is InChI=1S/C8H11ClFN3/c9-5-2-7(12)6(10)1-4(5)8(13)3-11/h1-2,8H,3,11-13H2/t8-/m0/s1. The van der Waals surface area contributed by atoms with Crippen molar-refractivity contribution in [1.82, 2.24) is 0 Å². The number of hydrogen-bond donors (Lipinski definition) is 3. The van der Waals surface area contributed by atoms with Crippen LogP contribution in [0.2, 0.25) is 5.02 Å². The Morgan fingerprint density at radius 3 is 2.62 bits per heavy atom. The highest BCUT2D eigenvalue weighted by molar-refractivity contribution is 6.31. The molecule has 1 aromatic rings. The highest BCUT2D eigenvalue weighted by atomic mass is 35.5. The largest absolute Gasteiger partial charge is 0.396 e. The van der Waals surface area contributed by atoms with E-state index >= 15 is 0 Å². The summed E-state index contributed by atoms with van der Waals surface area (Å²) in [5.41, 5.74) is 16.7. The van der Waals surface area contributed by atoms with Gasteiger partial charge in [-0.15, -0.1) is 0 Å². The zero-order valence-corrected chi connectivity index (χ0v) is 7.68. The third kappa shape index (κ3) is 2.09. The number of benzene rings is 1. The summed E-state index contributed by atoms with van der Waals surface area (Å²) in [5, 5.41) is 0.344. The highest BCUT2D eigenvalue weighted by Crippen LogP contribution is 2.25. The molecule has 0 saturated carbocycles. The lowest BCUT2D eigenvalue weighted by Gasteiger charge is -2.11. The molecule has 0 saturated heterocycles. The van der Waals surface area contributed by atoms with Crippen LogP contribution in [0.25, 0.3) is 0 Å². The second-order valence-electron chi connectivity index (χ2n) is 2.74. The van der Waals surface area contributed by atoms with Gasteiger partial charge in [-0.2, -0.15) is 0 Å². The summed E-state index contributed by atoms with van der Waals surface area (Å²) in [6.45, 7) is 0.211. The third-order valence-electron chi connectivity index (χ3n) is 1.77. The fraction of sp³-hybridized carbons (Fsp3) is 0.250. The normalized spacial score (nSPS) is 12.9. The molecule has 0 spiro atoms. The summed E-state index contributed by atoms with van der Waals surface area (Å²) >= 11 is 5.79. The van der Waals surface area contributed by atoms with E-state index in [0.717, 1.165) is 0 Å². The molecule has 5 heteroatoms. The fourth-order valence-corrected chi connectivity index (χ4v) is 1.30. The first-order valence-corrected chi connectivity index (χ1v) is 4.14. The van der Waals surface area contributed by atoms with Crippen LogP contribution in [0, 0.1) is 5.82 Å². The van der Waals surface area contributed by atoms with Crippen LogP contribution in [0.3, 0.4) is 0 Å². The Morgan fingerprint density at radius 2 is 2.08 bits per heavy atom. The number of anilines is 1. The van der Waals surface area contributed by atoms with Gasteiger partial charge in [-0.3, -0.25) is 0 Å². The van der Waals surface area contributed by atoms with Gasteiger partial charge in [0.25, 0.3) is 0 Å². The maximum absolute atomic E-state index is 13.0. The molecule has 0 heterocycles. The van der Waals surface area contributed by atoms with Crippen molar-refractivity contribution < 1.29 is 4.39 Å². The first kappa shape index (κ1) is 10.2. The molecule has 1 rings (SSSR count). The van der Waals surface area contributed by atoms with Gasteiger partial charge in [-0.25, -0.2) is 4.39 Å². The molecule has 6 N–H and O–H groups in total. The molecule has 13 heavy (non-hydrogen) atoms. The van der Waals surface area contributed by atoms with Gasteiger partial charge in [0, 0.05) is 17.6 Å². The van der Waals surface area contributed by atoms with Crippen molar-refractivity contribution in [3.8, 4) is 0 Å². The van der Waals surface area contributed by atoms with Gasteiger partial charge in [0.15, 0.2) is 0 Å². The van der Waals surface area contributed by atoms with E-state index in [0.29, 0.717) is 10.6 Å². The van der Waals surface area contributed by atoms with E-state index in [9.17, 15) is 4.39 Å². The summed E-state index contributed by atoms with van der Waals surface area (Å²) < 4.78 is 13.0. The summed E-state index contributed by atoms with van der Waals surface area (Å²) in [6, 6.07) is 2.10. The van der Waals surface area contributed by atoms with Crippen molar-refractivity contribution >= 4 is 17.3 Å². The maximum atomic E-state index is 13.0. The molecule has 0 fully saturated rings. The average Bonchev–Trinajstić information content (AvgIpc) is 2.10. The molecule has 0 aliphatic rings. The summed E-state index contributed by atoms with van der Waals surface area (Å²) in [7, 11) is 0. The Balaban J connectivity index is 3.15. The van der Waals surface area contributed by atoms with Crippen LogP contribution in [0.4, 0.5) is 10.1 Å². The lowest BCUT2D eigenvalue weighted by atomic mass is 10.1. The highest BCUT2D eigenvalue weighted by Gasteiger charge is 2.11. The van der Waals surface area contributed by atoms with Crippen LogP contribution in [0.1, 0.15) is 11.6 Å². The first-order valence-electron chi connectivity index (χ1n) is 3.76. The van der Waals surface area contributed by atoms with E-state index in [1.165, 1.54) is 12.1 Å². The van der Waals surface area contributed by atoms with E-state index in [4.69, 9.17) is 28.8 Å². The van der Waals surface area contributed by atoms with Crippen molar-refractivity contribution in [1.29, 1.82) is 0 Å². The van der Waals surface area contributed by atoms with Crippen LogP contribution in [-0.4, -0.2) is 6.54 Å². The quantitative estimate of drug-likeness (QED) is 0.628. The molecule has 0 aliphatic carbocycles. The fourth-order valence-electron chi connectivity index (χ4n) is 0.989. The molecule has 1 aromatic carbocycles. The molecule has 0 amide bonds. The van der Waals surface area contributed by atoms with Gasteiger partial charge < -0.3 is 17.2 Å². The maximum Gasteiger partial charge on any atom is 0.146 e. The molecular formula is C8H11ClFN3. The van der Waals surface area contributed by atoms with Gasteiger partial charge in [-0.1, -0.05) is 11.6 Å². The molecule has 0 radical (unpaired) electrons. The number of nitrogen functional groups attached to an aromatic ring is 1. The minimum absolute atomic E-state index is 0.0120. The van der Waals surface area contributed by atoms with E-state index in [2.05, 4.69) is 0 Å². The number of halogens is 2. The van der Waals surface area contributed by atoms with Crippen molar-refractivity contribution in [3.05, 3.63) is 28.5 Å². The molecule has 72 valence electrons. The van der Waals surface area contributed by atoms with Crippen molar-refractivity contribution in [2.24, 2.45) is 11.5 Å². The van der Waals surface area contributed by atoms with Gasteiger partial charge in [-0.05, 0) is 17.7 Å². The van der Waals surface area contributed by atoms with Gasteiger partial charge in [0.1, 0.15) is 5.82 Å². The summed E-state index contributed by atoms with van der Waals surface area (Å²) in [6.07, 6.45) is 0. The average molecular weight is 204 g/mol. The third-order valence-corrected chi connectivity index (χ3v) is 2.10. The molecule has 0 bridgehead atoms. The molecule has 0 unspecified atom stereocenters. The van der Waals surface area contributed by atoms with Crippen molar-refractivity contribution in [2.75, 3.05) is 12.3 Å². The molecule has 0 aromatic heterocycles. The summed E-state index contributed by atoms with van der Waals surface area (Å²) in [4.78, 5) is 0. The van der Waals surface area contributed by atoms with Crippen LogP contribution >= 0.6 is 11.6 Å². The smallest absolute Gasteiger partial charge is 0.146 e. The molecule has 3 nitrogen and oxygen atoms in total. The Kier molecular flexibility index (Phi) is 3.08. The number of rotatable bonds is 2. The molecular weight excluding hydrogens is 193 g/mol. The topological polar surface area (TPSA) is 78.1 Å². The second-order valence-corrected chi connectivity index (χ2v) is 3.14. The SMILES string of the molecule is NC[C@H](N)c1cc(F)c(N)cc1Cl. The number of hydrogen-bond acceptors (Lipinski definition) is 3. The Hall–Kier alpha value is -0.840. The summed E-state index contributed by atoms with van der Waals surface area (Å²) in [5.74, 6) is -0.525. The van der Waals surface area contributed by atoms with Crippen LogP contribution in [0.15, 0.2) is 12.1 Å². The lowest BCUT2D eigenvalue weighted by Crippen LogP contribution is -2.21. The van der Waals surface area contributed by atoms with Crippen LogP contribution < -0.4 is 17.2 Å². The predicted molar refractivity (Wildman–Crippen MR) is 51.8 cm³/mol. The monoisotopic (exact) mass is 203 g/mol. The lowest BCUT2D eigenvalue weighted by molar-refractivity contribution is 0.624. The minimum Gasteiger partial charge on any atom is -0.396 e. The first-order chi connectivity index (χ1) is 6.06. The minimum atomic E-state index is -0.525. The van der Waals surface area contributed by atoms with Crippen LogP contribution in [-0.2, 0) is 0 Å². The van der Waals surface area contributed by atoms with Crippen LogP contribution in [0.5, 0.6) is 0 Å². The van der Waals surface area contributed by atoms with Crippen molar-refractivity contribution in [3.63, 3.8) is 0 Å². The Morgan fingerprint density at radius 1 is 1.46 bits per heavy atom. The van der Waals surface area contributed by atoms with E-state index in [1.807, 2.05) is 0 Å². The number of nitrogens with two attached hydrogens (primary N) is 3. The van der Waals surface area contributed by atoms with Gasteiger partial charge >= 0.3 is 0 Å². The predicted octanol–water partition coefficient (Wildman–Crippen LogP) is 1.02. The van der Waals surface area contributed by atoms with E-state index in [1.54, 1.807) is 0 Å². The Bertz CT molecular complexity index is 317. The zero-order valence-electron chi connectivity index (χ0n) is 6.93. The van der Waals surface area contributed by atoms with Gasteiger partial charge in [0.2, 0.25) is 0 Å².